The van der Waals surface area contributed by atoms with Crippen LogP contribution in [0.4, 0.5) is 0 Å². The summed E-state index contributed by atoms with van der Waals surface area (Å²) in [6.07, 6.45) is 0. The number of ether oxygens (including phenoxy) is 3. The SMILES string of the molecule is CC(=O)O[C]([Sn])(OC(C)=O)OC(C)=O. The van der Waals surface area contributed by atoms with Crippen molar-refractivity contribution in [2.45, 2.75) is 24.8 Å². The van der Waals surface area contributed by atoms with Crippen LogP contribution in [-0.2, 0) is 28.6 Å². The Morgan fingerprint density at radius 2 is 1.07 bits per heavy atom. The molecule has 0 aliphatic heterocycles. The Labute approximate surface area is 94.0 Å². The second-order valence-corrected chi connectivity index (χ2v) is 4.08. The van der Waals surface area contributed by atoms with Crippen molar-refractivity contribution in [3.05, 3.63) is 0 Å². The minimum atomic E-state index is -1.89. The van der Waals surface area contributed by atoms with E-state index in [9.17, 15) is 14.4 Å². The van der Waals surface area contributed by atoms with Gasteiger partial charge in [0.05, 0.1) is 0 Å². The summed E-state index contributed by atoms with van der Waals surface area (Å²) in [6, 6.07) is 0. The molecule has 6 nitrogen and oxygen atoms in total. The quantitative estimate of drug-likeness (QED) is 0.396. The number of esters is 3. The summed E-state index contributed by atoms with van der Waals surface area (Å²) in [5.41, 5.74) is 0. The van der Waals surface area contributed by atoms with E-state index >= 15 is 0 Å². The average Bonchev–Trinajstić information content (AvgIpc) is 1.76. The summed E-state index contributed by atoms with van der Waals surface area (Å²) in [5, 5.41) is 0. The van der Waals surface area contributed by atoms with Crippen molar-refractivity contribution in [2.75, 3.05) is 0 Å². The Balaban J connectivity index is 4.56. The number of rotatable bonds is 3. The van der Waals surface area contributed by atoms with Crippen LogP contribution < -0.4 is 0 Å². The predicted molar refractivity (Wildman–Crippen MR) is 43.8 cm³/mol. The molecule has 0 aromatic carbocycles. The molecular weight excluding hydrogens is 299 g/mol. The molecule has 0 rings (SSSR count). The number of carbonyl (C=O) groups is 3. The molecule has 3 radical (unpaired) electrons. The summed E-state index contributed by atoms with van der Waals surface area (Å²) < 4.78 is 11.8. The molecule has 0 spiro atoms. The molecule has 0 aromatic rings. The topological polar surface area (TPSA) is 78.9 Å². The van der Waals surface area contributed by atoms with Gasteiger partial charge in [0.15, 0.2) is 0 Å². The van der Waals surface area contributed by atoms with Crippen molar-refractivity contribution in [2.24, 2.45) is 0 Å². The fraction of sp³-hybridized carbons (Fsp3) is 0.571. The molecular formula is C7H9O6Sn. The zero-order valence-electron chi connectivity index (χ0n) is 7.95. The predicted octanol–water partition coefficient (Wildman–Crippen LogP) is -0.544. The third-order valence-electron chi connectivity index (χ3n) is 0.834. The molecule has 0 bridgehead atoms. The van der Waals surface area contributed by atoms with Crippen LogP contribution in [0, 0.1) is 0 Å². The molecule has 0 heterocycles. The molecule has 0 atom stereocenters. The first-order valence-electron chi connectivity index (χ1n) is 3.59. The molecule has 0 aliphatic rings. The Kier molecular flexibility index (Phi) is 4.89. The second-order valence-electron chi connectivity index (χ2n) is 2.34. The molecule has 0 fully saturated rings. The molecule has 0 saturated heterocycles. The van der Waals surface area contributed by atoms with E-state index in [1.54, 1.807) is 0 Å². The molecule has 0 amide bonds. The summed E-state index contributed by atoms with van der Waals surface area (Å²) in [7, 11) is 0. The van der Waals surface area contributed by atoms with E-state index in [2.05, 4.69) is 14.2 Å². The minimum absolute atomic E-state index is 0.426. The van der Waals surface area contributed by atoms with Crippen molar-refractivity contribution in [1.82, 2.24) is 0 Å². The van der Waals surface area contributed by atoms with E-state index in [-0.39, 0.29) is 0 Å². The van der Waals surface area contributed by atoms with Gasteiger partial charge in [-0.3, -0.25) is 0 Å². The first-order chi connectivity index (χ1) is 6.25. The van der Waals surface area contributed by atoms with Gasteiger partial charge in [0.25, 0.3) is 0 Å². The molecule has 0 unspecified atom stereocenters. The second kappa shape index (κ2) is 5.18. The monoisotopic (exact) mass is 309 g/mol. The van der Waals surface area contributed by atoms with Gasteiger partial charge in [0.2, 0.25) is 0 Å². The number of hydrogen-bond acceptors (Lipinski definition) is 6. The van der Waals surface area contributed by atoms with Crippen molar-refractivity contribution in [3.8, 4) is 0 Å². The van der Waals surface area contributed by atoms with Crippen LogP contribution in [0.5, 0.6) is 0 Å². The van der Waals surface area contributed by atoms with Gasteiger partial charge in [-0.1, -0.05) is 0 Å². The van der Waals surface area contributed by atoms with E-state index in [0.717, 1.165) is 20.8 Å². The molecule has 0 aliphatic carbocycles. The Bertz CT molecular complexity index is 220. The summed E-state index contributed by atoms with van der Waals surface area (Å²) >= 11 is 0.426. The van der Waals surface area contributed by atoms with E-state index in [1.807, 2.05) is 0 Å². The third-order valence-corrected chi connectivity index (χ3v) is 1.71. The van der Waals surface area contributed by atoms with Crippen molar-refractivity contribution >= 4 is 40.4 Å². The van der Waals surface area contributed by atoms with Gasteiger partial charge in [-0.05, 0) is 0 Å². The van der Waals surface area contributed by atoms with Crippen LogP contribution in [0.2, 0.25) is 0 Å². The summed E-state index contributed by atoms with van der Waals surface area (Å²) in [5.74, 6) is -2.11. The van der Waals surface area contributed by atoms with E-state index in [0.29, 0.717) is 22.5 Å². The van der Waals surface area contributed by atoms with Crippen LogP contribution >= 0.6 is 0 Å². The van der Waals surface area contributed by atoms with Crippen LogP contribution in [0.1, 0.15) is 20.8 Å². The van der Waals surface area contributed by atoms with E-state index < -0.39 is 21.9 Å². The molecule has 77 valence electrons. The molecule has 14 heavy (non-hydrogen) atoms. The molecule has 0 aromatic heterocycles. The maximum absolute atomic E-state index is 10.6. The van der Waals surface area contributed by atoms with Crippen LogP contribution in [0.15, 0.2) is 0 Å². The number of carbonyl (C=O) groups excluding carboxylic acids is 3. The van der Waals surface area contributed by atoms with Gasteiger partial charge < -0.3 is 0 Å². The standard InChI is InChI=1S/C7H9O6.Sn/c1-4(8)11-7(12-5(2)9)13-6(3)10;/h1-3H3;. The first kappa shape index (κ1) is 13.2. The van der Waals surface area contributed by atoms with Gasteiger partial charge in [0, 0.05) is 0 Å². The Morgan fingerprint density at radius 3 is 1.21 bits per heavy atom. The van der Waals surface area contributed by atoms with Crippen molar-refractivity contribution in [3.63, 3.8) is 0 Å². The third kappa shape index (κ3) is 5.79. The molecule has 0 saturated carbocycles. The average molecular weight is 308 g/mol. The van der Waals surface area contributed by atoms with Gasteiger partial charge in [-0.25, -0.2) is 0 Å². The zero-order valence-corrected chi connectivity index (χ0v) is 10.8. The summed E-state index contributed by atoms with van der Waals surface area (Å²) in [6.45, 7) is 3.35. The van der Waals surface area contributed by atoms with Crippen LogP contribution in [0.25, 0.3) is 0 Å². The van der Waals surface area contributed by atoms with Crippen LogP contribution in [-0.4, -0.2) is 44.4 Å². The Hall–Kier alpha value is -0.791. The fourth-order valence-electron chi connectivity index (χ4n) is 0.630. The van der Waals surface area contributed by atoms with E-state index in [4.69, 9.17) is 0 Å². The van der Waals surface area contributed by atoms with Crippen molar-refractivity contribution in [1.29, 1.82) is 0 Å². The fourth-order valence-corrected chi connectivity index (χ4v) is 1.86. The number of hydrogen-bond donors (Lipinski definition) is 0. The first-order valence-corrected chi connectivity index (χ1v) is 5.01. The van der Waals surface area contributed by atoms with Gasteiger partial charge in [-0.2, -0.15) is 0 Å². The summed E-state index contributed by atoms with van der Waals surface area (Å²) in [4.78, 5) is 31.9. The van der Waals surface area contributed by atoms with E-state index in [1.165, 1.54) is 0 Å². The normalized spacial score (nSPS) is 10.3. The van der Waals surface area contributed by atoms with Crippen molar-refractivity contribution < 1.29 is 28.6 Å². The van der Waals surface area contributed by atoms with Gasteiger partial charge >= 0.3 is 93.8 Å². The molecule has 0 N–H and O–H groups in total. The maximum atomic E-state index is 10.6. The van der Waals surface area contributed by atoms with Gasteiger partial charge in [0.1, 0.15) is 0 Å². The molecule has 7 heteroatoms. The van der Waals surface area contributed by atoms with Gasteiger partial charge in [-0.15, -0.1) is 0 Å². The zero-order chi connectivity index (χ0) is 11.4. The Morgan fingerprint density at radius 1 is 0.857 bits per heavy atom. The van der Waals surface area contributed by atoms with Crippen LogP contribution in [0.3, 0.4) is 0 Å².